The van der Waals surface area contributed by atoms with Crippen molar-refractivity contribution in [1.29, 1.82) is 0 Å². The van der Waals surface area contributed by atoms with Crippen LogP contribution in [0.5, 0.6) is 0 Å². The van der Waals surface area contributed by atoms with Crippen molar-refractivity contribution in [2.45, 2.75) is 19.4 Å². The van der Waals surface area contributed by atoms with Crippen LogP contribution in [0.1, 0.15) is 12.8 Å². The van der Waals surface area contributed by atoms with Gasteiger partial charge in [0, 0.05) is 26.0 Å². The summed E-state index contributed by atoms with van der Waals surface area (Å²) in [4.78, 5) is 22.1. The maximum absolute atomic E-state index is 11.6. The van der Waals surface area contributed by atoms with E-state index in [1.165, 1.54) is 17.1 Å². The number of rotatable bonds is 6. The molecule has 0 aliphatic carbocycles. The zero-order valence-corrected chi connectivity index (χ0v) is 11.0. The van der Waals surface area contributed by atoms with Gasteiger partial charge in [-0.05, 0) is 18.8 Å². The summed E-state index contributed by atoms with van der Waals surface area (Å²) < 4.78 is 6.50. The molecule has 2 heterocycles. The van der Waals surface area contributed by atoms with Crippen LogP contribution in [0.3, 0.4) is 0 Å². The number of aromatic nitrogens is 2. The van der Waals surface area contributed by atoms with Crippen LogP contribution in [0.15, 0.2) is 12.4 Å². The number of hydrogen-bond donors (Lipinski definition) is 3. The van der Waals surface area contributed by atoms with Crippen LogP contribution in [0.2, 0.25) is 0 Å². The average Bonchev–Trinajstić information content (AvgIpc) is 3.00. The number of carboxylic acids is 1. The number of aliphatic carboxylic acids is 1. The highest BCUT2D eigenvalue weighted by Crippen LogP contribution is 2.15. The van der Waals surface area contributed by atoms with Crippen LogP contribution in [0, 0.1) is 5.92 Å². The molecule has 0 saturated carbocycles. The molecule has 110 valence electrons. The molecule has 1 aromatic rings. The van der Waals surface area contributed by atoms with Crippen LogP contribution in [0.4, 0.5) is 10.5 Å². The highest BCUT2D eigenvalue weighted by atomic mass is 16.5. The Balaban J connectivity index is 1.68. The molecule has 0 bridgehead atoms. The molecule has 1 aromatic heterocycles. The first-order valence-electron chi connectivity index (χ1n) is 6.50. The molecule has 1 aliphatic heterocycles. The number of urea groups is 1. The van der Waals surface area contributed by atoms with Crippen molar-refractivity contribution in [3.63, 3.8) is 0 Å². The van der Waals surface area contributed by atoms with Crippen molar-refractivity contribution >= 4 is 17.7 Å². The largest absolute Gasteiger partial charge is 0.480 e. The highest BCUT2D eigenvalue weighted by Gasteiger charge is 2.15. The first kappa shape index (κ1) is 14.3. The Hall–Kier alpha value is -2.09. The van der Waals surface area contributed by atoms with Crippen molar-refractivity contribution < 1.29 is 19.4 Å². The Bertz CT molecular complexity index is 468. The van der Waals surface area contributed by atoms with Gasteiger partial charge in [0.15, 0.2) is 0 Å². The summed E-state index contributed by atoms with van der Waals surface area (Å²) >= 11 is 0. The molecule has 3 N–H and O–H groups in total. The lowest BCUT2D eigenvalue weighted by molar-refractivity contribution is -0.137. The van der Waals surface area contributed by atoms with Gasteiger partial charge in [-0.15, -0.1) is 0 Å². The van der Waals surface area contributed by atoms with Gasteiger partial charge in [0.1, 0.15) is 6.54 Å². The average molecular weight is 282 g/mol. The van der Waals surface area contributed by atoms with Crippen molar-refractivity contribution in [2.24, 2.45) is 5.92 Å². The molecule has 20 heavy (non-hydrogen) atoms. The minimum Gasteiger partial charge on any atom is -0.480 e. The molecular weight excluding hydrogens is 264 g/mol. The zero-order chi connectivity index (χ0) is 14.4. The van der Waals surface area contributed by atoms with E-state index < -0.39 is 5.97 Å². The van der Waals surface area contributed by atoms with E-state index in [-0.39, 0.29) is 12.6 Å². The maximum atomic E-state index is 11.6. The van der Waals surface area contributed by atoms with Gasteiger partial charge in [0.05, 0.1) is 11.9 Å². The van der Waals surface area contributed by atoms with Crippen LogP contribution < -0.4 is 10.6 Å². The van der Waals surface area contributed by atoms with Crippen molar-refractivity contribution in [1.82, 2.24) is 15.1 Å². The summed E-state index contributed by atoms with van der Waals surface area (Å²) in [7, 11) is 0. The Morgan fingerprint density at radius 2 is 2.40 bits per heavy atom. The second kappa shape index (κ2) is 6.90. The molecule has 1 aliphatic rings. The summed E-state index contributed by atoms with van der Waals surface area (Å²) in [5.74, 6) is -0.462. The molecule has 1 atom stereocenters. The highest BCUT2D eigenvalue weighted by molar-refractivity contribution is 5.88. The van der Waals surface area contributed by atoms with E-state index in [1.807, 2.05) is 0 Å². The summed E-state index contributed by atoms with van der Waals surface area (Å²) in [5, 5.41) is 17.8. The van der Waals surface area contributed by atoms with Gasteiger partial charge in [0.2, 0.25) is 0 Å². The van der Waals surface area contributed by atoms with Gasteiger partial charge in [-0.25, -0.2) is 4.79 Å². The van der Waals surface area contributed by atoms with E-state index in [2.05, 4.69) is 15.7 Å². The summed E-state index contributed by atoms with van der Waals surface area (Å²) in [5.41, 5.74) is 0.466. The van der Waals surface area contributed by atoms with E-state index in [0.717, 1.165) is 26.1 Å². The lowest BCUT2D eigenvalue weighted by atomic mass is 10.1. The lowest BCUT2D eigenvalue weighted by Crippen LogP contribution is -2.30. The number of carbonyl (C=O) groups is 2. The monoisotopic (exact) mass is 282 g/mol. The molecule has 2 amide bonds. The third-order valence-electron chi connectivity index (χ3n) is 3.05. The number of nitrogens with one attached hydrogen (secondary N) is 2. The van der Waals surface area contributed by atoms with Crippen molar-refractivity contribution in [3.05, 3.63) is 12.4 Å². The van der Waals surface area contributed by atoms with E-state index >= 15 is 0 Å². The van der Waals surface area contributed by atoms with E-state index in [4.69, 9.17) is 9.84 Å². The number of ether oxygens (including phenoxy) is 1. The number of carbonyl (C=O) groups excluding carboxylic acids is 1. The summed E-state index contributed by atoms with van der Waals surface area (Å²) in [6, 6.07) is -0.321. The minimum atomic E-state index is -0.983. The fourth-order valence-corrected chi connectivity index (χ4v) is 2.03. The molecule has 8 nitrogen and oxygen atoms in total. The van der Waals surface area contributed by atoms with Gasteiger partial charge in [-0.3, -0.25) is 9.48 Å². The lowest BCUT2D eigenvalue weighted by Gasteiger charge is -2.09. The van der Waals surface area contributed by atoms with Gasteiger partial charge in [-0.1, -0.05) is 0 Å². The van der Waals surface area contributed by atoms with Gasteiger partial charge in [0.25, 0.3) is 0 Å². The first-order valence-corrected chi connectivity index (χ1v) is 6.50. The summed E-state index contributed by atoms with van der Waals surface area (Å²) in [6.07, 6.45) is 4.82. The third-order valence-corrected chi connectivity index (χ3v) is 3.05. The Morgan fingerprint density at radius 3 is 3.10 bits per heavy atom. The van der Waals surface area contributed by atoms with Crippen molar-refractivity contribution in [3.8, 4) is 0 Å². The fourth-order valence-electron chi connectivity index (χ4n) is 2.03. The quantitative estimate of drug-likeness (QED) is 0.705. The van der Waals surface area contributed by atoms with Crippen molar-refractivity contribution in [2.75, 3.05) is 25.1 Å². The molecule has 0 spiro atoms. The second-order valence-electron chi connectivity index (χ2n) is 4.72. The summed E-state index contributed by atoms with van der Waals surface area (Å²) in [6.45, 7) is 1.93. The normalized spacial score (nSPS) is 17.9. The maximum Gasteiger partial charge on any atom is 0.325 e. The number of anilines is 1. The second-order valence-corrected chi connectivity index (χ2v) is 4.72. The molecule has 2 rings (SSSR count). The van der Waals surface area contributed by atoms with Gasteiger partial charge < -0.3 is 20.5 Å². The molecule has 0 aromatic carbocycles. The third kappa shape index (κ3) is 4.54. The molecule has 1 fully saturated rings. The predicted molar refractivity (Wildman–Crippen MR) is 70.4 cm³/mol. The van der Waals surface area contributed by atoms with Gasteiger partial charge in [-0.2, -0.15) is 5.10 Å². The fraction of sp³-hybridized carbons (Fsp3) is 0.583. The van der Waals surface area contributed by atoms with Crippen LogP contribution in [-0.2, 0) is 16.1 Å². The number of hydrogen-bond acceptors (Lipinski definition) is 4. The van der Waals surface area contributed by atoms with E-state index in [9.17, 15) is 9.59 Å². The molecule has 8 heteroatoms. The predicted octanol–water partition coefficient (Wildman–Crippen LogP) is 0.516. The number of amides is 2. The smallest absolute Gasteiger partial charge is 0.325 e. The number of nitrogens with zero attached hydrogens (tertiary/aromatic N) is 2. The van der Waals surface area contributed by atoms with E-state index in [1.54, 1.807) is 0 Å². The van der Waals surface area contributed by atoms with Crippen LogP contribution >= 0.6 is 0 Å². The van der Waals surface area contributed by atoms with E-state index in [0.29, 0.717) is 18.2 Å². The standard InChI is InChI=1S/C12H18N4O4/c17-11(18)7-16-6-10(5-14-16)15-12(19)13-3-1-9-2-4-20-8-9/h5-6,9H,1-4,7-8H2,(H,17,18)(H2,13,15,19). The Kier molecular flexibility index (Phi) is 4.94. The SMILES string of the molecule is O=C(O)Cn1cc(NC(=O)NCCC2CCOC2)cn1. The van der Waals surface area contributed by atoms with Crippen LogP contribution in [0.25, 0.3) is 0 Å². The topological polar surface area (TPSA) is 105 Å². The van der Waals surface area contributed by atoms with Crippen LogP contribution in [-0.4, -0.2) is 46.6 Å². The minimum absolute atomic E-state index is 0.231. The molecule has 0 radical (unpaired) electrons. The zero-order valence-electron chi connectivity index (χ0n) is 11.0. The Labute approximate surface area is 116 Å². The molecule has 1 saturated heterocycles. The first-order chi connectivity index (χ1) is 9.63. The number of carboxylic acid groups (broad SMARTS) is 1. The molecule has 1 unspecified atom stereocenters. The molecular formula is C12H18N4O4. The Morgan fingerprint density at radius 1 is 1.55 bits per heavy atom. The van der Waals surface area contributed by atoms with Gasteiger partial charge >= 0.3 is 12.0 Å².